The molecule has 0 radical (unpaired) electrons. The van der Waals surface area contributed by atoms with E-state index in [0.29, 0.717) is 22.4 Å². The molecule has 0 bridgehead atoms. The number of hydrogen-bond donors (Lipinski definition) is 1. The van der Waals surface area contributed by atoms with Crippen LogP contribution < -0.4 is 5.73 Å². The Kier molecular flexibility index (Phi) is 8.60. The van der Waals surface area contributed by atoms with Gasteiger partial charge in [0, 0.05) is 23.2 Å². The third-order valence-electron chi connectivity index (χ3n) is 4.21. The molecule has 0 spiro atoms. The summed E-state index contributed by atoms with van der Waals surface area (Å²) in [5, 5.41) is 0. The minimum Gasteiger partial charge on any atom is -0.398 e. The van der Waals surface area contributed by atoms with Gasteiger partial charge >= 0.3 is 0 Å². The number of allylic oxidation sites excluding steroid dienone is 6. The number of benzene rings is 1. The number of fused-ring (bicyclic) bond motifs is 1. The molecule has 1 aromatic rings. The van der Waals surface area contributed by atoms with E-state index >= 15 is 0 Å². The van der Waals surface area contributed by atoms with Gasteiger partial charge in [0.25, 0.3) is 0 Å². The van der Waals surface area contributed by atoms with Gasteiger partial charge in [-0.15, -0.1) is 0 Å². The molecule has 0 aliphatic heterocycles. The number of Topliss-reactive ketones (excluding diaryl/α,β-unsaturated/α-hetero) is 3. The zero-order chi connectivity index (χ0) is 20.6. The van der Waals surface area contributed by atoms with Gasteiger partial charge in [-0.1, -0.05) is 69.7 Å². The molecule has 4 nitrogen and oxygen atoms in total. The molecule has 1 unspecified atom stereocenters. The van der Waals surface area contributed by atoms with Gasteiger partial charge in [0.1, 0.15) is 5.92 Å². The van der Waals surface area contributed by atoms with E-state index < -0.39 is 17.5 Å². The normalized spacial score (nSPS) is 17.9. The fourth-order valence-electron chi connectivity index (χ4n) is 2.97. The van der Waals surface area contributed by atoms with Gasteiger partial charge in [0.15, 0.2) is 17.3 Å². The maximum atomic E-state index is 12.7. The van der Waals surface area contributed by atoms with Crippen LogP contribution in [0.3, 0.4) is 0 Å². The van der Waals surface area contributed by atoms with Crippen LogP contribution in [-0.2, 0) is 16.0 Å². The van der Waals surface area contributed by atoms with E-state index in [1.807, 2.05) is 46.8 Å². The minimum absolute atomic E-state index is 0.0639. The summed E-state index contributed by atoms with van der Waals surface area (Å²) >= 11 is 0. The van der Waals surface area contributed by atoms with Crippen molar-refractivity contribution < 1.29 is 14.4 Å². The van der Waals surface area contributed by atoms with Crippen molar-refractivity contribution in [1.29, 1.82) is 0 Å². The predicted octanol–water partition coefficient (Wildman–Crippen LogP) is 4.65. The monoisotopic (exact) mass is 367 g/mol. The van der Waals surface area contributed by atoms with E-state index in [4.69, 9.17) is 5.73 Å². The molecule has 1 aromatic carbocycles. The summed E-state index contributed by atoms with van der Waals surface area (Å²) in [6.07, 6.45) is 7.87. The third kappa shape index (κ3) is 4.91. The Hall–Kier alpha value is -2.75. The van der Waals surface area contributed by atoms with Crippen LogP contribution in [0.4, 0.5) is 5.69 Å². The molecule has 2 N–H and O–H groups in total. The summed E-state index contributed by atoms with van der Waals surface area (Å²) < 4.78 is 0. The number of carbonyl (C=O) groups excluding carboxylic acids is 3. The van der Waals surface area contributed by atoms with Gasteiger partial charge in [-0.2, -0.15) is 0 Å². The van der Waals surface area contributed by atoms with E-state index in [1.165, 1.54) is 0 Å². The van der Waals surface area contributed by atoms with Crippen molar-refractivity contribution in [2.24, 2.45) is 5.92 Å². The number of nitrogen functional groups attached to an aromatic ring is 1. The molecule has 1 atom stereocenters. The largest absolute Gasteiger partial charge is 0.398 e. The summed E-state index contributed by atoms with van der Waals surface area (Å²) in [5.74, 6) is -2.58. The molecule has 27 heavy (non-hydrogen) atoms. The lowest BCUT2D eigenvalue weighted by molar-refractivity contribution is -0.128. The van der Waals surface area contributed by atoms with Crippen LogP contribution in [0.2, 0.25) is 0 Å². The molecule has 0 aromatic heterocycles. The number of carbonyl (C=O) groups is 3. The van der Waals surface area contributed by atoms with Crippen LogP contribution >= 0.6 is 0 Å². The Balaban J connectivity index is 0.000000855. The van der Waals surface area contributed by atoms with Crippen molar-refractivity contribution in [2.45, 2.75) is 47.5 Å². The van der Waals surface area contributed by atoms with Crippen LogP contribution in [0.25, 0.3) is 0 Å². The lowest BCUT2D eigenvalue weighted by Crippen LogP contribution is -2.38. The zero-order valence-corrected chi connectivity index (χ0v) is 16.8. The summed E-state index contributed by atoms with van der Waals surface area (Å²) in [6.45, 7) is 9.96. The lowest BCUT2D eigenvalue weighted by atomic mass is 9.77. The van der Waals surface area contributed by atoms with Gasteiger partial charge in [-0.05, 0) is 25.0 Å². The second-order valence-corrected chi connectivity index (χ2v) is 5.93. The Labute approximate surface area is 161 Å². The average molecular weight is 367 g/mol. The van der Waals surface area contributed by atoms with Crippen LogP contribution in [0.5, 0.6) is 0 Å². The molecule has 0 heterocycles. The molecule has 0 amide bonds. The molecular formula is C23H29NO3. The minimum atomic E-state index is -1.28. The molecule has 0 fully saturated rings. The van der Waals surface area contributed by atoms with Gasteiger partial charge in [0.2, 0.25) is 0 Å². The number of anilines is 1. The summed E-state index contributed by atoms with van der Waals surface area (Å²) in [5.41, 5.74) is 8.61. The highest BCUT2D eigenvalue weighted by atomic mass is 16.2. The van der Waals surface area contributed by atoms with E-state index in [2.05, 4.69) is 0 Å². The third-order valence-corrected chi connectivity index (χ3v) is 4.21. The molecule has 144 valence electrons. The number of ketones is 3. The van der Waals surface area contributed by atoms with Crippen LogP contribution in [0.1, 0.15) is 57.0 Å². The Morgan fingerprint density at radius 1 is 1.07 bits per heavy atom. The van der Waals surface area contributed by atoms with Crippen molar-refractivity contribution in [3.05, 3.63) is 64.8 Å². The molecule has 0 saturated carbocycles. The summed E-state index contributed by atoms with van der Waals surface area (Å²) in [7, 11) is 0. The first kappa shape index (κ1) is 22.3. The van der Waals surface area contributed by atoms with E-state index in [0.717, 1.165) is 12.0 Å². The van der Waals surface area contributed by atoms with E-state index in [-0.39, 0.29) is 12.2 Å². The maximum absolute atomic E-state index is 12.7. The topological polar surface area (TPSA) is 77.2 Å². The highest BCUT2D eigenvalue weighted by Gasteiger charge is 2.40. The first-order chi connectivity index (χ1) is 13.0. The number of nitrogens with two attached hydrogens (primary N) is 1. The quantitative estimate of drug-likeness (QED) is 0.610. The highest BCUT2D eigenvalue weighted by Crippen LogP contribution is 2.30. The standard InChI is InChI=1S/C19H17NO3.2C2H6/c1-11-4-2-5-12(9-8-11)18(22)17-15(21)10-13-6-3-7-14(20)16(13)19(17)23;2*1-2/h2-3,5-9,17H,4,10,20H2,1H3;2*1-2H3. The second-order valence-electron chi connectivity index (χ2n) is 5.93. The Morgan fingerprint density at radius 3 is 2.41 bits per heavy atom. The van der Waals surface area contributed by atoms with Crippen molar-refractivity contribution in [3.8, 4) is 0 Å². The fraction of sp³-hybridized carbons (Fsp3) is 0.348. The van der Waals surface area contributed by atoms with Gasteiger partial charge in [0.05, 0.1) is 0 Å². The first-order valence-corrected chi connectivity index (χ1v) is 9.51. The Bertz CT molecular complexity index is 813. The Morgan fingerprint density at radius 2 is 1.74 bits per heavy atom. The second kappa shape index (κ2) is 10.4. The van der Waals surface area contributed by atoms with Crippen LogP contribution in [0, 0.1) is 5.92 Å². The number of rotatable bonds is 2. The van der Waals surface area contributed by atoms with Gasteiger partial charge in [-0.3, -0.25) is 14.4 Å². The van der Waals surface area contributed by atoms with Gasteiger partial charge in [-0.25, -0.2) is 0 Å². The molecular weight excluding hydrogens is 338 g/mol. The zero-order valence-electron chi connectivity index (χ0n) is 16.8. The SMILES string of the molecule is CC.CC.CC1=CC=C(C(=O)C2C(=O)Cc3cccc(N)c3C2=O)C=CC1. The summed E-state index contributed by atoms with van der Waals surface area (Å²) in [4.78, 5) is 37.8. The molecule has 4 heteroatoms. The molecule has 0 saturated heterocycles. The fourth-order valence-corrected chi connectivity index (χ4v) is 2.97. The molecule has 2 aliphatic carbocycles. The van der Waals surface area contributed by atoms with Crippen molar-refractivity contribution in [1.82, 2.24) is 0 Å². The van der Waals surface area contributed by atoms with E-state index in [9.17, 15) is 14.4 Å². The predicted molar refractivity (Wildman–Crippen MR) is 111 cm³/mol. The van der Waals surface area contributed by atoms with Crippen molar-refractivity contribution in [2.75, 3.05) is 5.73 Å². The average Bonchev–Trinajstić information content (AvgIpc) is 2.89. The smallest absolute Gasteiger partial charge is 0.183 e. The first-order valence-electron chi connectivity index (χ1n) is 9.51. The van der Waals surface area contributed by atoms with Gasteiger partial charge < -0.3 is 5.73 Å². The van der Waals surface area contributed by atoms with Crippen molar-refractivity contribution >= 4 is 23.0 Å². The number of hydrogen-bond acceptors (Lipinski definition) is 4. The molecule has 3 rings (SSSR count). The van der Waals surface area contributed by atoms with Crippen molar-refractivity contribution in [3.63, 3.8) is 0 Å². The summed E-state index contributed by atoms with van der Waals surface area (Å²) in [6, 6.07) is 5.03. The highest BCUT2D eigenvalue weighted by molar-refractivity contribution is 6.31. The van der Waals surface area contributed by atoms with Crippen LogP contribution in [0.15, 0.2) is 53.6 Å². The van der Waals surface area contributed by atoms with E-state index in [1.54, 1.807) is 30.4 Å². The van der Waals surface area contributed by atoms with Crippen LogP contribution in [-0.4, -0.2) is 17.3 Å². The molecule has 2 aliphatic rings. The maximum Gasteiger partial charge on any atom is 0.183 e. The lowest BCUT2D eigenvalue weighted by Gasteiger charge is -2.22.